The molecule has 0 spiro atoms. The van der Waals surface area contributed by atoms with E-state index in [-0.39, 0.29) is 15.8 Å². The van der Waals surface area contributed by atoms with Crippen LogP contribution in [0.1, 0.15) is 6.42 Å². The van der Waals surface area contributed by atoms with Crippen LogP contribution in [-0.4, -0.2) is 18.0 Å². The van der Waals surface area contributed by atoms with Gasteiger partial charge in [0.25, 0.3) is 5.69 Å². The zero-order valence-electron chi connectivity index (χ0n) is 8.37. The van der Waals surface area contributed by atoms with E-state index in [0.717, 1.165) is 12.1 Å². The molecule has 0 amide bonds. The van der Waals surface area contributed by atoms with Crippen molar-refractivity contribution in [3.05, 3.63) is 32.5 Å². The quantitative estimate of drug-likeness (QED) is 0.495. The summed E-state index contributed by atoms with van der Waals surface area (Å²) in [6.45, 7) is 0.943. The lowest BCUT2D eigenvalue weighted by atomic mass is 10.2. The molecule has 0 aliphatic carbocycles. The highest BCUT2D eigenvalue weighted by Gasteiger charge is 2.16. The number of nitrogens with zero attached hydrogens (tertiary/aromatic N) is 1. The molecule has 5 nitrogen and oxygen atoms in total. The van der Waals surface area contributed by atoms with E-state index >= 15 is 0 Å². The molecule has 0 aliphatic rings. The zero-order chi connectivity index (χ0) is 12.1. The monoisotopic (exact) mass is 291 g/mol. The lowest BCUT2D eigenvalue weighted by Gasteiger charge is -2.07. The maximum atomic E-state index is 13.2. The van der Waals surface area contributed by atoms with Gasteiger partial charge in [-0.05, 0) is 28.9 Å². The standard InChI is InChI=1S/C9H11BrFN3O2/c10-6-4-9(14(15)16)8(5-7(6)11)13-3-1-2-12/h4-5,13H,1-3,12H2. The van der Waals surface area contributed by atoms with Crippen molar-refractivity contribution in [1.29, 1.82) is 0 Å². The van der Waals surface area contributed by atoms with Crippen LogP contribution in [0.2, 0.25) is 0 Å². The van der Waals surface area contributed by atoms with E-state index in [1.54, 1.807) is 0 Å². The highest BCUT2D eigenvalue weighted by Crippen LogP contribution is 2.30. The molecule has 0 atom stereocenters. The summed E-state index contributed by atoms with van der Waals surface area (Å²) in [7, 11) is 0. The van der Waals surface area contributed by atoms with Crippen LogP contribution in [0.15, 0.2) is 16.6 Å². The fourth-order valence-corrected chi connectivity index (χ4v) is 1.49. The molecule has 1 aromatic carbocycles. The van der Waals surface area contributed by atoms with Gasteiger partial charge in [0, 0.05) is 18.7 Å². The molecule has 3 N–H and O–H groups in total. The Hall–Kier alpha value is -1.21. The minimum absolute atomic E-state index is 0.0728. The molecule has 0 radical (unpaired) electrons. The van der Waals surface area contributed by atoms with E-state index in [1.165, 1.54) is 0 Å². The first-order valence-electron chi connectivity index (χ1n) is 4.63. The number of nitro groups is 1. The first kappa shape index (κ1) is 12.9. The second-order valence-corrected chi connectivity index (χ2v) is 3.96. The molecule has 0 aromatic heterocycles. The van der Waals surface area contributed by atoms with Gasteiger partial charge >= 0.3 is 0 Å². The Morgan fingerprint density at radius 3 is 2.81 bits per heavy atom. The van der Waals surface area contributed by atoms with Gasteiger partial charge in [0.05, 0.1) is 9.40 Å². The Kier molecular flexibility index (Phi) is 4.63. The molecular formula is C9H11BrFN3O2. The molecule has 0 saturated carbocycles. The maximum Gasteiger partial charge on any atom is 0.293 e. The summed E-state index contributed by atoms with van der Waals surface area (Å²) in [5.41, 5.74) is 5.29. The Labute approximate surface area is 100 Å². The molecule has 1 aromatic rings. The molecule has 1 rings (SSSR count). The number of nitrogens with two attached hydrogens (primary N) is 1. The van der Waals surface area contributed by atoms with Gasteiger partial charge in [-0.25, -0.2) is 4.39 Å². The number of anilines is 1. The molecule has 0 saturated heterocycles. The van der Waals surface area contributed by atoms with Crippen LogP contribution in [0, 0.1) is 15.9 Å². The topological polar surface area (TPSA) is 81.2 Å². The van der Waals surface area contributed by atoms with Crippen LogP contribution in [-0.2, 0) is 0 Å². The van der Waals surface area contributed by atoms with Gasteiger partial charge in [0.15, 0.2) is 0 Å². The van der Waals surface area contributed by atoms with E-state index in [2.05, 4.69) is 21.2 Å². The van der Waals surface area contributed by atoms with E-state index in [9.17, 15) is 14.5 Å². The molecule has 0 bridgehead atoms. The zero-order valence-corrected chi connectivity index (χ0v) is 9.96. The predicted molar refractivity (Wildman–Crippen MR) is 62.9 cm³/mol. The van der Waals surface area contributed by atoms with E-state index in [1.807, 2.05) is 0 Å². The van der Waals surface area contributed by atoms with E-state index in [0.29, 0.717) is 19.5 Å². The summed E-state index contributed by atoms with van der Waals surface area (Å²) in [6.07, 6.45) is 0.662. The van der Waals surface area contributed by atoms with Crippen molar-refractivity contribution < 1.29 is 9.31 Å². The van der Waals surface area contributed by atoms with Crippen molar-refractivity contribution in [3.8, 4) is 0 Å². The maximum absolute atomic E-state index is 13.2. The molecule has 88 valence electrons. The Morgan fingerprint density at radius 1 is 1.56 bits per heavy atom. The Balaban J connectivity index is 2.95. The Bertz CT molecular complexity index is 401. The van der Waals surface area contributed by atoms with Gasteiger partial charge < -0.3 is 11.1 Å². The van der Waals surface area contributed by atoms with Crippen molar-refractivity contribution in [1.82, 2.24) is 0 Å². The molecule has 0 heterocycles. The van der Waals surface area contributed by atoms with Crippen LogP contribution < -0.4 is 11.1 Å². The van der Waals surface area contributed by atoms with Crippen molar-refractivity contribution in [2.45, 2.75) is 6.42 Å². The van der Waals surface area contributed by atoms with Crippen LogP contribution in [0.5, 0.6) is 0 Å². The third kappa shape index (κ3) is 3.14. The summed E-state index contributed by atoms with van der Waals surface area (Å²) in [6, 6.07) is 2.23. The molecule has 0 unspecified atom stereocenters. The minimum Gasteiger partial charge on any atom is -0.379 e. The van der Waals surface area contributed by atoms with Gasteiger partial charge in [-0.1, -0.05) is 0 Å². The van der Waals surface area contributed by atoms with Crippen LogP contribution in [0.25, 0.3) is 0 Å². The highest BCUT2D eigenvalue weighted by molar-refractivity contribution is 9.10. The first-order valence-corrected chi connectivity index (χ1v) is 5.43. The van der Waals surface area contributed by atoms with Crippen molar-refractivity contribution in [2.24, 2.45) is 5.73 Å². The summed E-state index contributed by atoms with van der Waals surface area (Å²) in [4.78, 5) is 10.2. The second kappa shape index (κ2) is 5.76. The number of rotatable bonds is 5. The van der Waals surface area contributed by atoms with Crippen molar-refractivity contribution in [2.75, 3.05) is 18.4 Å². The van der Waals surface area contributed by atoms with Gasteiger partial charge in [0.2, 0.25) is 0 Å². The highest BCUT2D eigenvalue weighted by atomic mass is 79.9. The SMILES string of the molecule is NCCCNc1cc(F)c(Br)cc1[N+](=O)[O-]. The lowest BCUT2D eigenvalue weighted by molar-refractivity contribution is -0.384. The third-order valence-corrected chi connectivity index (χ3v) is 2.54. The van der Waals surface area contributed by atoms with Gasteiger partial charge in [-0.2, -0.15) is 0 Å². The van der Waals surface area contributed by atoms with Gasteiger partial charge in [-0.15, -0.1) is 0 Å². The van der Waals surface area contributed by atoms with Crippen molar-refractivity contribution >= 4 is 27.3 Å². The summed E-state index contributed by atoms with van der Waals surface area (Å²) in [5, 5.41) is 13.5. The fourth-order valence-electron chi connectivity index (χ4n) is 1.15. The fraction of sp³-hybridized carbons (Fsp3) is 0.333. The molecule has 7 heteroatoms. The predicted octanol–water partition coefficient (Wildman–Crippen LogP) is 2.26. The molecule has 0 fully saturated rings. The minimum atomic E-state index is -0.561. The number of nitro benzene ring substituents is 1. The van der Waals surface area contributed by atoms with Crippen LogP contribution in [0.3, 0.4) is 0 Å². The number of nitrogens with one attached hydrogen (secondary N) is 1. The number of hydrogen-bond donors (Lipinski definition) is 2. The second-order valence-electron chi connectivity index (χ2n) is 3.11. The average molecular weight is 292 g/mol. The number of hydrogen-bond acceptors (Lipinski definition) is 4. The van der Waals surface area contributed by atoms with E-state index < -0.39 is 10.7 Å². The summed E-state index contributed by atoms with van der Waals surface area (Å²) in [5.74, 6) is -0.541. The smallest absolute Gasteiger partial charge is 0.293 e. The first-order chi connectivity index (χ1) is 7.56. The number of benzene rings is 1. The third-order valence-electron chi connectivity index (χ3n) is 1.93. The van der Waals surface area contributed by atoms with Crippen LogP contribution in [0.4, 0.5) is 15.8 Å². The summed E-state index contributed by atoms with van der Waals surface area (Å²) < 4.78 is 13.3. The largest absolute Gasteiger partial charge is 0.379 e. The van der Waals surface area contributed by atoms with Crippen molar-refractivity contribution in [3.63, 3.8) is 0 Å². The van der Waals surface area contributed by atoms with Gasteiger partial charge in [0.1, 0.15) is 11.5 Å². The van der Waals surface area contributed by atoms with Crippen LogP contribution >= 0.6 is 15.9 Å². The lowest BCUT2D eigenvalue weighted by Crippen LogP contribution is -2.09. The molecule has 16 heavy (non-hydrogen) atoms. The Morgan fingerprint density at radius 2 is 2.25 bits per heavy atom. The molecule has 0 aliphatic heterocycles. The number of halogens is 2. The molecular weight excluding hydrogens is 281 g/mol. The van der Waals surface area contributed by atoms with E-state index in [4.69, 9.17) is 5.73 Å². The summed E-state index contributed by atoms with van der Waals surface area (Å²) >= 11 is 2.90. The average Bonchev–Trinajstić information content (AvgIpc) is 2.23. The van der Waals surface area contributed by atoms with Gasteiger partial charge in [-0.3, -0.25) is 10.1 Å². The normalized spacial score (nSPS) is 10.2.